The van der Waals surface area contributed by atoms with Crippen molar-refractivity contribution in [2.24, 2.45) is 5.73 Å². The number of imidazole rings is 1. The minimum absolute atomic E-state index is 0.177. The number of rotatable bonds is 7. The maximum absolute atomic E-state index is 13.3. The number of primary amides is 1. The van der Waals surface area contributed by atoms with Crippen molar-refractivity contribution in [3.8, 4) is 33.8 Å². The van der Waals surface area contributed by atoms with E-state index in [2.05, 4.69) is 25.5 Å². The number of nitrogens with one attached hydrogen (secondary N) is 1. The van der Waals surface area contributed by atoms with Gasteiger partial charge in [0.15, 0.2) is 0 Å². The molecule has 0 atom stereocenters. The minimum atomic E-state index is -0.866. The highest BCUT2D eigenvalue weighted by atomic mass is 35.5. The van der Waals surface area contributed by atoms with Crippen molar-refractivity contribution in [1.82, 2.24) is 34.7 Å². The minimum Gasteiger partial charge on any atom is -0.410 e. The molecular formula is C26H23ClN8O3. The monoisotopic (exact) mass is 530 g/mol. The average molecular weight is 531 g/mol. The summed E-state index contributed by atoms with van der Waals surface area (Å²) in [6.45, 7) is 4.07. The lowest BCUT2D eigenvalue weighted by Gasteiger charge is -2.15. The van der Waals surface area contributed by atoms with E-state index >= 15 is 0 Å². The van der Waals surface area contributed by atoms with Crippen LogP contribution in [0.15, 0.2) is 65.8 Å². The number of carbonyl (C=O) groups excluding carboxylic acids is 1. The average Bonchev–Trinajstić information content (AvgIpc) is 3.59. The number of H-pyrrole nitrogens is 1. The van der Waals surface area contributed by atoms with Crippen molar-refractivity contribution in [1.29, 1.82) is 0 Å². The molecule has 0 radical (unpaired) electrons. The number of hydrogen-bond donors (Lipinski definition) is 2. The lowest BCUT2D eigenvalue weighted by molar-refractivity contribution is 0.210. The zero-order chi connectivity index (χ0) is 26.8. The molecule has 3 N–H and O–H groups in total. The molecule has 3 aromatic heterocycles. The van der Waals surface area contributed by atoms with Crippen LogP contribution in [-0.2, 0) is 13.0 Å². The Balaban J connectivity index is 1.46. The van der Waals surface area contributed by atoms with Gasteiger partial charge in [-0.3, -0.25) is 4.79 Å². The molecule has 0 aliphatic rings. The van der Waals surface area contributed by atoms with Gasteiger partial charge >= 0.3 is 6.09 Å². The summed E-state index contributed by atoms with van der Waals surface area (Å²) >= 11 is 6.29. The first-order chi connectivity index (χ1) is 18.3. The maximum Gasteiger partial charge on any atom is 0.409 e. The molecule has 0 bridgehead atoms. The van der Waals surface area contributed by atoms with Crippen LogP contribution in [-0.4, -0.2) is 40.8 Å². The number of amides is 1. The molecule has 38 heavy (non-hydrogen) atoms. The van der Waals surface area contributed by atoms with Crippen LogP contribution in [0.25, 0.3) is 28.1 Å². The van der Waals surface area contributed by atoms with E-state index in [0.29, 0.717) is 34.3 Å². The van der Waals surface area contributed by atoms with E-state index in [-0.39, 0.29) is 12.1 Å². The third kappa shape index (κ3) is 5.04. The number of pyridine rings is 1. The fourth-order valence-corrected chi connectivity index (χ4v) is 4.44. The van der Waals surface area contributed by atoms with E-state index < -0.39 is 6.09 Å². The number of benzene rings is 2. The van der Waals surface area contributed by atoms with E-state index in [9.17, 15) is 9.59 Å². The predicted molar refractivity (Wildman–Crippen MR) is 141 cm³/mol. The second-order valence-corrected chi connectivity index (χ2v) is 9.01. The van der Waals surface area contributed by atoms with Gasteiger partial charge in [-0.25, -0.2) is 9.78 Å². The van der Waals surface area contributed by atoms with Crippen LogP contribution < -0.4 is 16.0 Å². The number of tetrazole rings is 1. The quantitative estimate of drug-likeness (QED) is 0.324. The number of nitrogens with two attached hydrogens (primary N) is 1. The highest BCUT2D eigenvalue weighted by Gasteiger charge is 2.15. The molecule has 5 aromatic rings. The van der Waals surface area contributed by atoms with Gasteiger partial charge in [0.05, 0.1) is 24.1 Å². The summed E-state index contributed by atoms with van der Waals surface area (Å²) in [6.07, 6.45) is 2.95. The summed E-state index contributed by atoms with van der Waals surface area (Å²) in [7, 11) is 0. The molecule has 0 unspecified atom stereocenters. The predicted octanol–water partition coefficient (Wildman–Crippen LogP) is 3.91. The summed E-state index contributed by atoms with van der Waals surface area (Å²) in [5.74, 6) is 1.01. The second kappa shape index (κ2) is 10.3. The number of halogens is 1. The lowest BCUT2D eigenvalue weighted by Crippen LogP contribution is -2.24. The smallest absolute Gasteiger partial charge is 0.409 e. The van der Waals surface area contributed by atoms with Gasteiger partial charge in [0.25, 0.3) is 5.56 Å². The van der Waals surface area contributed by atoms with Gasteiger partial charge in [-0.15, -0.1) is 5.10 Å². The van der Waals surface area contributed by atoms with Crippen molar-refractivity contribution in [2.75, 3.05) is 0 Å². The molecule has 12 heteroatoms. The van der Waals surface area contributed by atoms with Crippen molar-refractivity contribution in [3.63, 3.8) is 0 Å². The first kappa shape index (κ1) is 24.9. The summed E-state index contributed by atoms with van der Waals surface area (Å²) < 4.78 is 8.20. The molecule has 0 fully saturated rings. The number of nitrogens with zero attached hydrogens (tertiary/aromatic N) is 6. The zero-order valence-corrected chi connectivity index (χ0v) is 21.3. The highest BCUT2D eigenvalue weighted by molar-refractivity contribution is 6.31. The Morgan fingerprint density at radius 3 is 2.68 bits per heavy atom. The Bertz CT molecular complexity index is 1690. The number of hydrogen-bond acceptors (Lipinski definition) is 7. The Morgan fingerprint density at radius 2 is 1.97 bits per heavy atom. The van der Waals surface area contributed by atoms with Crippen molar-refractivity contribution >= 4 is 17.7 Å². The van der Waals surface area contributed by atoms with E-state index in [1.807, 2.05) is 32.0 Å². The second-order valence-electron chi connectivity index (χ2n) is 8.57. The molecule has 2 aromatic carbocycles. The van der Waals surface area contributed by atoms with Gasteiger partial charge in [0, 0.05) is 27.9 Å². The van der Waals surface area contributed by atoms with Crippen LogP contribution in [0.3, 0.4) is 0 Å². The Labute approximate surface area is 221 Å². The van der Waals surface area contributed by atoms with Crippen LogP contribution >= 0.6 is 11.6 Å². The fraction of sp³-hybridized carbons (Fsp3) is 0.154. The van der Waals surface area contributed by atoms with Gasteiger partial charge in [-0.2, -0.15) is 4.68 Å². The number of aromatic nitrogens is 7. The molecule has 192 valence electrons. The molecule has 0 saturated heterocycles. The molecule has 11 nitrogen and oxygen atoms in total. The molecule has 0 saturated carbocycles. The number of aromatic amines is 1. The third-order valence-corrected chi connectivity index (χ3v) is 6.31. The van der Waals surface area contributed by atoms with Crippen LogP contribution in [0.5, 0.6) is 5.75 Å². The van der Waals surface area contributed by atoms with Crippen LogP contribution in [0.2, 0.25) is 5.02 Å². The Hall–Kier alpha value is -4.77. The number of carbonyl (C=O) groups is 1. The van der Waals surface area contributed by atoms with Gasteiger partial charge < -0.3 is 20.0 Å². The molecule has 5 rings (SSSR count). The van der Waals surface area contributed by atoms with Crippen LogP contribution in [0.1, 0.15) is 24.0 Å². The maximum atomic E-state index is 13.3. The van der Waals surface area contributed by atoms with Crippen molar-refractivity contribution in [2.45, 2.75) is 26.8 Å². The molecule has 0 aliphatic carbocycles. The van der Waals surface area contributed by atoms with E-state index in [0.717, 1.165) is 28.1 Å². The molecule has 3 heterocycles. The normalized spacial score (nSPS) is 11.0. The van der Waals surface area contributed by atoms with E-state index in [4.69, 9.17) is 22.1 Å². The molecule has 0 aliphatic heterocycles. The molecule has 0 spiro atoms. The van der Waals surface area contributed by atoms with Gasteiger partial charge in [0.1, 0.15) is 17.9 Å². The van der Waals surface area contributed by atoms with Crippen molar-refractivity contribution in [3.05, 3.63) is 93.5 Å². The fourth-order valence-electron chi connectivity index (χ4n) is 4.27. The van der Waals surface area contributed by atoms with Crippen LogP contribution in [0.4, 0.5) is 4.79 Å². The zero-order valence-electron chi connectivity index (χ0n) is 20.6. The Morgan fingerprint density at radius 1 is 1.13 bits per heavy atom. The number of aryl methyl sites for hydroxylation is 2. The summed E-state index contributed by atoms with van der Waals surface area (Å²) in [5, 5.41) is 11.9. The molecular weight excluding hydrogens is 508 g/mol. The van der Waals surface area contributed by atoms with Gasteiger partial charge in [-0.1, -0.05) is 18.5 Å². The van der Waals surface area contributed by atoms with Gasteiger partial charge in [-0.05, 0) is 77.4 Å². The topological polar surface area (TPSA) is 147 Å². The SMILES string of the molecule is CCc1cc(-c2cc(Cl)ccc2-n2cnnn2)cc(=O)n1Cc1ncc(-c2ccc(OC(N)=O)c(C)c2)[nH]1. The van der Waals surface area contributed by atoms with E-state index in [1.165, 1.54) is 11.0 Å². The van der Waals surface area contributed by atoms with Gasteiger partial charge in [0.2, 0.25) is 0 Å². The van der Waals surface area contributed by atoms with Crippen LogP contribution in [0, 0.1) is 6.92 Å². The summed E-state index contributed by atoms with van der Waals surface area (Å²) in [4.78, 5) is 32.1. The highest BCUT2D eigenvalue weighted by Crippen LogP contribution is 2.30. The number of ether oxygens (including phenoxy) is 1. The summed E-state index contributed by atoms with van der Waals surface area (Å²) in [5.41, 5.74) is 10.3. The van der Waals surface area contributed by atoms with E-state index in [1.54, 1.807) is 41.1 Å². The molecule has 1 amide bonds. The summed E-state index contributed by atoms with van der Waals surface area (Å²) in [6, 6.07) is 14.2. The standard InChI is InChI=1S/C26H23ClN8O3/c1-3-19-9-17(20-11-18(27)5-6-22(20)35-14-30-32-33-35)10-25(36)34(19)13-24-29-12-21(31-24)16-4-7-23(15(2)8-16)38-26(28)37/h4-12,14H,3,13H2,1-2H3,(H2,28,37)(H,29,31). The first-order valence-corrected chi connectivity index (χ1v) is 12.1. The first-order valence-electron chi connectivity index (χ1n) is 11.7. The lowest BCUT2D eigenvalue weighted by atomic mass is 10.0. The van der Waals surface area contributed by atoms with Crippen molar-refractivity contribution < 1.29 is 9.53 Å². The third-order valence-electron chi connectivity index (χ3n) is 6.07. The largest absolute Gasteiger partial charge is 0.410 e. The Kier molecular flexibility index (Phi) is 6.75.